The van der Waals surface area contributed by atoms with Crippen molar-refractivity contribution in [1.82, 2.24) is 20.9 Å². The second kappa shape index (κ2) is 8.51. The standard InChI is InChI=1S/C19H28N4O3/c1-23-14(12-22-19(25)18-16(23)9-10-20-18)5-8-17(24)21-11-13-3-6-15(26-2)7-4-13/h3-4,6-7,14,16,18,20H,5,8-12H2,1-2H3,(H,21,24)(H,22,25). The number of carbonyl (C=O) groups excluding carboxylic acids is 2. The zero-order chi connectivity index (χ0) is 18.5. The molecule has 0 bridgehead atoms. The van der Waals surface area contributed by atoms with E-state index in [0.717, 1.165) is 30.7 Å². The lowest BCUT2D eigenvalue weighted by molar-refractivity contribution is -0.123. The van der Waals surface area contributed by atoms with E-state index in [1.165, 1.54) is 0 Å². The molecule has 2 aliphatic rings. The van der Waals surface area contributed by atoms with E-state index < -0.39 is 0 Å². The van der Waals surface area contributed by atoms with Crippen molar-refractivity contribution in [2.75, 3.05) is 27.2 Å². The lowest BCUT2D eigenvalue weighted by atomic mass is 10.0. The fourth-order valence-electron chi connectivity index (χ4n) is 3.77. The molecule has 0 spiro atoms. The SMILES string of the molecule is COc1ccc(CNC(=O)CCC2CNC(=O)C3NCCC3N2C)cc1. The molecule has 1 aromatic carbocycles. The van der Waals surface area contributed by atoms with Gasteiger partial charge in [0.25, 0.3) is 0 Å². The number of methoxy groups -OCH3 is 1. The van der Waals surface area contributed by atoms with E-state index in [0.29, 0.717) is 19.5 Å². The highest BCUT2D eigenvalue weighted by molar-refractivity contribution is 5.83. The zero-order valence-electron chi connectivity index (χ0n) is 15.5. The quantitative estimate of drug-likeness (QED) is 0.678. The Bertz CT molecular complexity index is 634. The van der Waals surface area contributed by atoms with Crippen LogP contribution in [-0.4, -0.2) is 62.1 Å². The van der Waals surface area contributed by atoms with E-state index in [4.69, 9.17) is 4.74 Å². The second-order valence-electron chi connectivity index (χ2n) is 7.02. The minimum Gasteiger partial charge on any atom is -0.497 e. The van der Waals surface area contributed by atoms with Gasteiger partial charge in [0.2, 0.25) is 11.8 Å². The van der Waals surface area contributed by atoms with Crippen molar-refractivity contribution in [1.29, 1.82) is 0 Å². The number of likely N-dealkylation sites (N-methyl/N-ethyl adjacent to an activating group) is 1. The second-order valence-corrected chi connectivity index (χ2v) is 7.02. The maximum Gasteiger partial charge on any atom is 0.238 e. The third-order valence-corrected chi connectivity index (χ3v) is 5.44. The molecule has 2 saturated heterocycles. The first-order valence-corrected chi connectivity index (χ1v) is 9.21. The molecule has 0 radical (unpaired) electrons. The van der Waals surface area contributed by atoms with Crippen LogP contribution in [0, 0.1) is 0 Å². The van der Waals surface area contributed by atoms with Gasteiger partial charge in [-0.2, -0.15) is 0 Å². The molecule has 0 aromatic heterocycles. The van der Waals surface area contributed by atoms with Crippen molar-refractivity contribution in [2.45, 2.75) is 43.9 Å². The highest BCUT2D eigenvalue weighted by atomic mass is 16.5. The minimum atomic E-state index is -0.131. The number of fused-ring (bicyclic) bond motifs is 1. The summed E-state index contributed by atoms with van der Waals surface area (Å²) in [7, 11) is 3.69. The third kappa shape index (κ3) is 4.34. The number of hydrogen-bond donors (Lipinski definition) is 3. The highest BCUT2D eigenvalue weighted by Crippen LogP contribution is 2.21. The van der Waals surface area contributed by atoms with Crippen LogP contribution in [0.2, 0.25) is 0 Å². The van der Waals surface area contributed by atoms with E-state index in [-0.39, 0.29) is 29.9 Å². The minimum absolute atomic E-state index is 0.0332. The van der Waals surface area contributed by atoms with Gasteiger partial charge in [-0.3, -0.25) is 14.5 Å². The number of ether oxygens (including phenoxy) is 1. The Morgan fingerprint density at radius 2 is 2.12 bits per heavy atom. The number of hydrogen-bond acceptors (Lipinski definition) is 5. The van der Waals surface area contributed by atoms with Crippen LogP contribution in [0.5, 0.6) is 5.75 Å². The molecule has 1 aromatic rings. The van der Waals surface area contributed by atoms with E-state index in [1.807, 2.05) is 24.3 Å². The van der Waals surface area contributed by atoms with Crippen molar-refractivity contribution < 1.29 is 14.3 Å². The number of carbonyl (C=O) groups is 2. The fourth-order valence-corrected chi connectivity index (χ4v) is 3.77. The number of benzene rings is 1. The number of nitrogens with one attached hydrogen (secondary N) is 3. The summed E-state index contributed by atoms with van der Waals surface area (Å²) >= 11 is 0. The van der Waals surface area contributed by atoms with Crippen LogP contribution in [0.4, 0.5) is 0 Å². The predicted molar refractivity (Wildman–Crippen MR) is 98.8 cm³/mol. The zero-order valence-corrected chi connectivity index (χ0v) is 15.5. The lowest BCUT2D eigenvalue weighted by Gasteiger charge is -2.31. The largest absolute Gasteiger partial charge is 0.497 e. The first-order valence-electron chi connectivity index (χ1n) is 9.21. The van der Waals surface area contributed by atoms with Gasteiger partial charge in [-0.1, -0.05) is 12.1 Å². The molecule has 142 valence electrons. The molecule has 2 amide bonds. The topological polar surface area (TPSA) is 82.7 Å². The van der Waals surface area contributed by atoms with Crippen molar-refractivity contribution >= 4 is 11.8 Å². The molecule has 0 saturated carbocycles. The van der Waals surface area contributed by atoms with Crippen LogP contribution in [0.25, 0.3) is 0 Å². The highest BCUT2D eigenvalue weighted by Gasteiger charge is 2.40. The summed E-state index contributed by atoms with van der Waals surface area (Å²) in [6, 6.07) is 7.93. The van der Waals surface area contributed by atoms with E-state index in [9.17, 15) is 9.59 Å². The maximum atomic E-state index is 12.2. The van der Waals surface area contributed by atoms with Gasteiger partial charge >= 0.3 is 0 Å². The summed E-state index contributed by atoms with van der Waals surface area (Å²) in [5.74, 6) is 0.912. The molecule has 3 unspecified atom stereocenters. The van der Waals surface area contributed by atoms with Crippen molar-refractivity contribution in [3.63, 3.8) is 0 Å². The van der Waals surface area contributed by atoms with Crippen molar-refractivity contribution in [2.24, 2.45) is 0 Å². The van der Waals surface area contributed by atoms with Gasteiger partial charge in [-0.25, -0.2) is 0 Å². The Hall–Kier alpha value is -2.12. The van der Waals surface area contributed by atoms with Crippen LogP contribution in [-0.2, 0) is 16.1 Å². The van der Waals surface area contributed by atoms with Crippen LogP contribution in [0.15, 0.2) is 24.3 Å². The average Bonchev–Trinajstić information content (AvgIpc) is 3.12. The molecule has 3 rings (SSSR count). The van der Waals surface area contributed by atoms with Crippen LogP contribution in [0.1, 0.15) is 24.8 Å². The Morgan fingerprint density at radius 1 is 1.35 bits per heavy atom. The van der Waals surface area contributed by atoms with Crippen molar-refractivity contribution in [3.05, 3.63) is 29.8 Å². The molecule has 2 fully saturated rings. The Balaban J connectivity index is 1.46. The van der Waals surface area contributed by atoms with Crippen LogP contribution >= 0.6 is 0 Å². The molecule has 7 nitrogen and oxygen atoms in total. The maximum absolute atomic E-state index is 12.2. The van der Waals surface area contributed by atoms with Gasteiger partial charge in [0.05, 0.1) is 7.11 Å². The molecular formula is C19H28N4O3. The molecule has 3 N–H and O–H groups in total. The van der Waals surface area contributed by atoms with E-state index in [2.05, 4.69) is 27.9 Å². The summed E-state index contributed by atoms with van der Waals surface area (Å²) in [6.45, 7) is 1.96. The average molecular weight is 360 g/mol. The molecule has 3 atom stereocenters. The molecule has 26 heavy (non-hydrogen) atoms. The molecular weight excluding hydrogens is 332 g/mol. The summed E-state index contributed by atoms with van der Waals surface area (Å²) in [6.07, 6.45) is 2.15. The first kappa shape index (κ1) is 18.7. The van der Waals surface area contributed by atoms with Crippen LogP contribution in [0.3, 0.4) is 0 Å². The first-order chi connectivity index (χ1) is 12.6. The summed E-state index contributed by atoms with van der Waals surface area (Å²) in [5.41, 5.74) is 1.04. The Kier molecular flexibility index (Phi) is 6.11. The van der Waals surface area contributed by atoms with Gasteiger partial charge in [0, 0.05) is 31.6 Å². The van der Waals surface area contributed by atoms with Crippen LogP contribution < -0.4 is 20.7 Å². The normalized spacial score (nSPS) is 25.9. The van der Waals surface area contributed by atoms with Crippen molar-refractivity contribution in [3.8, 4) is 5.75 Å². The predicted octanol–water partition coefficient (Wildman–Crippen LogP) is 0.252. The van der Waals surface area contributed by atoms with Gasteiger partial charge in [0.1, 0.15) is 11.8 Å². The van der Waals surface area contributed by atoms with Gasteiger partial charge in [-0.05, 0) is 44.1 Å². The fraction of sp³-hybridized carbons (Fsp3) is 0.579. The Labute approximate surface area is 154 Å². The van der Waals surface area contributed by atoms with Gasteiger partial charge in [0.15, 0.2) is 0 Å². The van der Waals surface area contributed by atoms with E-state index in [1.54, 1.807) is 7.11 Å². The molecule has 2 aliphatic heterocycles. The number of rotatable bonds is 6. The number of nitrogens with zero attached hydrogens (tertiary/aromatic N) is 1. The monoisotopic (exact) mass is 360 g/mol. The van der Waals surface area contributed by atoms with E-state index >= 15 is 0 Å². The number of amides is 2. The summed E-state index contributed by atoms with van der Waals surface area (Å²) in [4.78, 5) is 26.6. The lowest BCUT2D eigenvalue weighted by Crippen LogP contribution is -2.48. The molecule has 7 heteroatoms. The Morgan fingerprint density at radius 3 is 2.85 bits per heavy atom. The van der Waals surface area contributed by atoms with Gasteiger partial charge < -0.3 is 20.7 Å². The summed E-state index contributed by atoms with van der Waals surface area (Å²) in [5, 5.41) is 9.23. The smallest absolute Gasteiger partial charge is 0.238 e. The molecule has 0 aliphatic carbocycles. The molecule has 2 heterocycles. The third-order valence-electron chi connectivity index (χ3n) is 5.44. The van der Waals surface area contributed by atoms with Gasteiger partial charge in [-0.15, -0.1) is 0 Å². The summed E-state index contributed by atoms with van der Waals surface area (Å²) < 4.78 is 5.13.